The SMILES string of the molecule is CCCCS(=O)(=O)N1CCn2nc3c(c2C1)CCC3. The quantitative estimate of drug-likeness (QED) is 0.837. The summed E-state index contributed by atoms with van der Waals surface area (Å²) in [5.74, 6) is 0.278. The lowest BCUT2D eigenvalue weighted by atomic mass is 10.2. The fourth-order valence-electron chi connectivity index (χ4n) is 3.02. The van der Waals surface area contributed by atoms with Crippen LogP contribution in [0.4, 0.5) is 0 Å². The van der Waals surface area contributed by atoms with E-state index < -0.39 is 10.0 Å². The predicted molar refractivity (Wildman–Crippen MR) is 73.4 cm³/mol. The van der Waals surface area contributed by atoms with Gasteiger partial charge in [0, 0.05) is 6.54 Å². The van der Waals surface area contributed by atoms with E-state index >= 15 is 0 Å². The summed E-state index contributed by atoms with van der Waals surface area (Å²) in [6, 6.07) is 0. The molecule has 0 atom stereocenters. The maximum absolute atomic E-state index is 12.3. The molecule has 1 aromatic rings. The van der Waals surface area contributed by atoms with Gasteiger partial charge in [-0.25, -0.2) is 8.42 Å². The van der Waals surface area contributed by atoms with E-state index in [1.165, 1.54) is 11.3 Å². The van der Waals surface area contributed by atoms with Gasteiger partial charge in [0.05, 0.1) is 30.2 Å². The largest absolute Gasteiger partial charge is 0.266 e. The van der Waals surface area contributed by atoms with Crippen LogP contribution < -0.4 is 0 Å². The highest BCUT2D eigenvalue weighted by Crippen LogP contribution is 2.28. The fraction of sp³-hybridized carbons (Fsp3) is 0.769. The van der Waals surface area contributed by atoms with Crippen LogP contribution in [0.5, 0.6) is 0 Å². The third-order valence-electron chi connectivity index (χ3n) is 4.13. The highest BCUT2D eigenvalue weighted by atomic mass is 32.2. The molecule has 0 radical (unpaired) electrons. The number of aromatic nitrogens is 2. The number of rotatable bonds is 4. The van der Waals surface area contributed by atoms with Gasteiger partial charge in [0.2, 0.25) is 10.0 Å². The lowest BCUT2D eigenvalue weighted by Gasteiger charge is -2.27. The first kappa shape index (κ1) is 13.1. The first-order chi connectivity index (χ1) is 9.12. The zero-order valence-electron chi connectivity index (χ0n) is 11.4. The number of nitrogens with zero attached hydrogens (tertiary/aromatic N) is 3. The summed E-state index contributed by atoms with van der Waals surface area (Å²) in [5, 5.41) is 4.61. The van der Waals surface area contributed by atoms with Crippen LogP contribution in [0, 0.1) is 0 Å². The Morgan fingerprint density at radius 2 is 2.11 bits per heavy atom. The van der Waals surface area contributed by atoms with E-state index in [9.17, 15) is 8.42 Å². The number of fused-ring (bicyclic) bond motifs is 3. The number of unbranched alkanes of at least 4 members (excludes halogenated alkanes) is 1. The van der Waals surface area contributed by atoms with Gasteiger partial charge in [-0.1, -0.05) is 13.3 Å². The summed E-state index contributed by atoms with van der Waals surface area (Å²) in [6.07, 6.45) is 4.94. The summed E-state index contributed by atoms with van der Waals surface area (Å²) in [5.41, 5.74) is 3.65. The van der Waals surface area contributed by atoms with Crippen molar-refractivity contribution >= 4 is 10.0 Å². The maximum Gasteiger partial charge on any atom is 0.214 e. The lowest BCUT2D eigenvalue weighted by molar-refractivity contribution is 0.324. The van der Waals surface area contributed by atoms with Crippen LogP contribution in [0.25, 0.3) is 0 Å². The number of aryl methyl sites for hydroxylation is 1. The van der Waals surface area contributed by atoms with Crippen LogP contribution in [0.1, 0.15) is 43.1 Å². The molecule has 106 valence electrons. The molecule has 3 rings (SSSR count). The van der Waals surface area contributed by atoms with Crippen LogP contribution in [0.2, 0.25) is 0 Å². The molecular formula is C13H21N3O2S. The van der Waals surface area contributed by atoms with E-state index in [0.717, 1.165) is 37.8 Å². The topological polar surface area (TPSA) is 55.2 Å². The molecule has 19 heavy (non-hydrogen) atoms. The van der Waals surface area contributed by atoms with Crippen LogP contribution in [0.3, 0.4) is 0 Å². The summed E-state index contributed by atoms with van der Waals surface area (Å²) < 4.78 is 28.2. The van der Waals surface area contributed by atoms with E-state index in [4.69, 9.17) is 0 Å². The first-order valence-electron chi connectivity index (χ1n) is 7.17. The minimum atomic E-state index is -3.09. The van der Waals surface area contributed by atoms with Crippen LogP contribution in [-0.2, 0) is 36.0 Å². The van der Waals surface area contributed by atoms with E-state index in [2.05, 4.69) is 5.10 Å². The Bertz CT molecular complexity index is 577. The zero-order valence-corrected chi connectivity index (χ0v) is 12.2. The van der Waals surface area contributed by atoms with E-state index in [0.29, 0.717) is 19.6 Å². The van der Waals surface area contributed by atoms with Crippen molar-refractivity contribution in [3.8, 4) is 0 Å². The first-order valence-corrected chi connectivity index (χ1v) is 8.78. The second-order valence-electron chi connectivity index (χ2n) is 5.45. The molecule has 6 heteroatoms. The smallest absolute Gasteiger partial charge is 0.214 e. The van der Waals surface area contributed by atoms with E-state index in [1.807, 2.05) is 11.6 Å². The van der Waals surface area contributed by atoms with E-state index in [-0.39, 0.29) is 5.75 Å². The van der Waals surface area contributed by atoms with Crippen molar-refractivity contribution in [1.82, 2.24) is 14.1 Å². The van der Waals surface area contributed by atoms with Crippen molar-refractivity contribution in [3.05, 3.63) is 17.0 Å². The average Bonchev–Trinajstić information content (AvgIpc) is 2.96. The molecular weight excluding hydrogens is 262 g/mol. The molecule has 1 aliphatic heterocycles. The Labute approximate surface area is 114 Å². The molecule has 1 aromatic heterocycles. The molecule has 2 aliphatic rings. The van der Waals surface area contributed by atoms with Gasteiger partial charge in [-0.15, -0.1) is 0 Å². The Morgan fingerprint density at radius 3 is 2.89 bits per heavy atom. The minimum Gasteiger partial charge on any atom is -0.266 e. The molecule has 5 nitrogen and oxygen atoms in total. The third kappa shape index (κ3) is 2.31. The summed E-state index contributed by atoms with van der Waals surface area (Å²) >= 11 is 0. The van der Waals surface area contributed by atoms with Gasteiger partial charge in [-0.2, -0.15) is 9.40 Å². The number of hydrogen-bond donors (Lipinski definition) is 0. The number of sulfonamides is 1. The lowest BCUT2D eigenvalue weighted by Crippen LogP contribution is -2.40. The Hall–Kier alpha value is -0.880. The average molecular weight is 283 g/mol. The number of hydrogen-bond acceptors (Lipinski definition) is 3. The van der Waals surface area contributed by atoms with Crippen molar-refractivity contribution in [2.45, 2.75) is 52.1 Å². The standard InChI is InChI=1S/C13H21N3O2S/c1-2-3-9-19(17,18)15-7-8-16-13(10-15)11-5-4-6-12(11)14-16/h2-10H2,1H3. The molecule has 2 heterocycles. The fourth-order valence-corrected chi connectivity index (χ4v) is 4.61. The molecule has 0 aromatic carbocycles. The molecule has 0 N–H and O–H groups in total. The van der Waals surface area contributed by atoms with Gasteiger partial charge in [0.1, 0.15) is 0 Å². The summed E-state index contributed by atoms with van der Waals surface area (Å²) in [7, 11) is -3.09. The summed E-state index contributed by atoms with van der Waals surface area (Å²) in [6.45, 7) is 3.81. The molecule has 0 spiro atoms. The van der Waals surface area contributed by atoms with Crippen LogP contribution >= 0.6 is 0 Å². The van der Waals surface area contributed by atoms with Crippen molar-refractivity contribution in [2.24, 2.45) is 0 Å². The van der Waals surface area contributed by atoms with Gasteiger partial charge in [-0.3, -0.25) is 4.68 Å². The van der Waals surface area contributed by atoms with Gasteiger partial charge < -0.3 is 0 Å². The van der Waals surface area contributed by atoms with Gasteiger partial charge in [-0.05, 0) is 31.2 Å². The monoisotopic (exact) mass is 283 g/mol. The van der Waals surface area contributed by atoms with Gasteiger partial charge in [0.25, 0.3) is 0 Å². The third-order valence-corrected chi connectivity index (χ3v) is 6.03. The minimum absolute atomic E-state index is 0.278. The Morgan fingerprint density at radius 1 is 1.26 bits per heavy atom. The van der Waals surface area contributed by atoms with Crippen LogP contribution in [-0.4, -0.2) is 34.8 Å². The Balaban J connectivity index is 1.82. The predicted octanol–water partition coefficient (Wildman–Crippen LogP) is 1.32. The van der Waals surface area contributed by atoms with Crippen molar-refractivity contribution < 1.29 is 8.42 Å². The summed E-state index contributed by atoms with van der Waals surface area (Å²) in [4.78, 5) is 0. The second-order valence-corrected chi connectivity index (χ2v) is 7.54. The molecule has 0 saturated heterocycles. The van der Waals surface area contributed by atoms with E-state index in [1.54, 1.807) is 4.31 Å². The van der Waals surface area contributed by atoms with Crippen molar-refractivity contribution in [1.29, 1.82) is 0 Å². The maximum atomic E-state index is 12.3. The molecule has 0 unspecified atom stereocenters. The molecule has 0 saturated carbocycles. The van der Waals surface area contributed by atoms with Gasteiger partial charge >= 0.3 is 0 Å². The normalized spacial score (nSPS) is 19.4. The second kappa shape index (κ2) is 4.90. The van der Waals surface area contributed by atoms with Crippen molar-refractivity contribution in [2.75, 3.05) is 12.3 Å². The molecule has 0 amide bonds. The highest BCUT2D eigenvalue weighted by Gasteiger charge is 2.31. The highest BCUT2D eigenvalue weighted by molar-refractivity contribution is 7.89. The molecule has 0 fully saturated rings. The van der Waals surface area contributed by atoms with Crippen molar-refractivity contribution in [3.63, 3.8) is 0 Å². The molecule has 1 aliphatic carbocycles. The Kier molecular flexibility index (Phi) is 3.39. The zero-order chi connectivity index (χ0) is 13.5. The molecule has 0 bridgehead atoms. The van der Waals surface area contributed by atoms with Crippen LogP contribution in [0.15, 0.2) is 0 Å². The van der Waals surface area contributed by atoms with Gasteiger partial charge in [0.15, 0.2) is 0 Å².